The van der Waals surface area contributed by atoms with Crippen molar-refractivity contribution in [2.24, 2.45) is 0 Å². The third-order valence-corrected chi connectivity index (χ3v) is 5.11. The van der Waals surface area contributed by atoms with Crippen LogP contribution in [0.1, 0.15) is 20.7 Å². The van der Waals surface area contributed by atoms with E-state index in [1.807, 2.05) is 53.4 Å². The van der Waals surface area contributed by atoms with E-state index < -0.39 is 0 Å². The number of carbonyl (C=O) groups excluding carboxylic acids is 2. The Morgan fingerprint density at radius 1 is 0.655 bits per heavy atom. The van der Waals surface area contributed by atoms with E-state index in [1.165, 1.54) is 5.69 Å². The lowest BCUT2D eigenvalue weighted by atomic mass is 10.1. The highest BCUT2D eigenvalue weighted by atomic mass is 16.2. The van der Waals surface area contributed by atoms with Gasteiger partial charge in [-0.2, -0.15) is 0 Å². The van der Waals surface area contributed by atoms with Crippen molar-refractivity contribution in [2.75, 3.05) is 36.4 Å². The molecule has 0 bridgehead atoms. The Labute approximate surface area is 170 Å². The van der Waals surface area contributed by atoms with Gasteiger partial charge >= 0.3 is 0 Å². The van der Waals surface area contributed by atoms with Crippen molar-refractivity contribution in [3.05, 3.63) is 96.1 Å². The molecule has 1 saturated heterocycles. The van der Waals surface area contributed by atoms with E-state index in [4.69, 9.17) is 0 Å². The fourth-order valence-electron chi connectivity index (χ4n) is 3.48. The molecule has 3 aromatic carbocycles. The molecule has 0 atom stereocenters. The molecule has 1 fully saturated rings. The molecule has 4 rings (SSSR count). The number of piperazine rings is 1. The zero-order valence-corrected chi connectivity index (χ0v) is 16.1. The molecule has 1 heterocycles. The first-order valence-corrected chi connectivity index (χ1v) is 9.76. The van der Waals surface area contributed by atoms with E-state index in [9.17, 15) is 9.59 Å². The van der Waals surface area contributed by atoms with Crippen molar-refractivity contribution in [3.8, 4) is 0 Å². The fourth-order valence-corrected chi connectivity index (χ4v) is 3.48. The number of nitrogens with zero attached hydrogens (tertiary/aromatic N) is 2. The maximum Gasteiger partial charge on any atom is 0.255 e. The van der Waals surface area contributed by atoms with Crippen LogP contribution in [0.5, 0.6) is 0 Å². The van der Waals surface area contributed by atoms with Crippen molar-refractivity contribution in [1.82, 2.24) is 4.90 Å². The van der Waals surface area contributed by atoms with Crippen LogP contribution in [-0.4, -0.2) is 42.9 Å². The third kappa shape index (κ3) is 4.46. The van der Waals surface area contributed by atoms with Gasteiger partial charge in [0.25, 0.3) is 11.8 Å². The SMILES string of the molecule is O=C(Nc1ccccc1)c1ccc(C(=O)N2CCN(c3ccccc3)CC2)cc1. The van der Waals surface area contributed by atoms with Crippen LogP contribution in [0.15, 0.2) is 84.9 Å². The van der Waals surface area contributed by atoms with Crippen LogP contribution in [0.4, 0.5) is 11.4 Å². The molecular formula is C24H23N3O2. The van der Waals surface area contributed by atoms with Gasteiger partial charge in [0.05, 0.1) is 0 Å². The minimum atomic E-state index is -0.188. The molecule has 0 radical (unpaired) electrons. The molecule has 3 aromatic rings. The lowest BCUT2D eigenvalue weighted by Crippen LogP contribution is -2.48. The molecule has 5 heteroatoms. The molecule has 2 amide bonds. The Balaban J connectivity index is 1.35. The Bertz CT molecular complexity index is 964. The molecule has 0 saturated carbocycles. The molecule has 146 valence electrons. The Morgan fingerprint density at radius 3 is 1.83 bits per heavy atom. The number of hydrogen-bond acceptors (Lipinski definition) is 3. The zero-order valence-electron chi connectivity index (χ0n) is 16.1. The summed E-state index contributed by atoms with van der Waals surface area (Å²) in [5.41, 5.74) is 3.07. The first-order chi connectivity index (χ1) is 14.2. The van der Waals surface area contributed by atoms with E-state index in [-0.39, 0.29) is 11.8 Å². The lowest BCUT2D eigenvalue weighted by molar-refractivity contribution is 0.0746. The summed E-state index contributed by atoms with van der Waals surface area (Å²) in [6, 6.07) is 26.4. The topological polar surface area (TPSA) is 52.7 Å². The molecule has 0 aromatic heterocycles. The Hall–Kier alpha value is -3.60. The lowest BCUT2D eigenvalue weighted by Gasteiger charge is -2.36. The summed E-state index contributed by atoms with van der Waals surface area (Å²) in [6.45, 7) is 2.99. The smallest absolute Gasteiger partial charge is 0.255 e. The normalized spacial score (nSPS) is 13.8. The van der Waals surface area contributed by atoms with Crippen molar-refractivity contribution < 1.29 is 9.59 Å². The molecular weight excluding hydrogens is 362 g/mol. The number of rotatable bonds is 4. The number of anilines is 2. The van der Waals surface area contributed by atoms with Crippen LogP contribution in [-0.2, 0) is 0 Å². The molecule has 0 spiro atoms. The van der Waals surface area contributed by atoms with Crippen molar-refractivity contribution >= 4 is 23.2 Å². The van der Waals surface area contributed by atoms with Gasteiger partial charge in [0, 0.05) is 48.7 Å². The molecule has 5 nitrogen and oxygen atoms in total. The average Bonchev–Trinajstić information content (AvgIpc) is 2.80. The minimum Gasteiger partial charge on any atom is -0.368 e. The largest absolute Gasteiger partial charge is 0.368 e. The Kier molecular flexibility index (Phi) is 5.56. The maximum atomic E-state index is 12.8. The van der Waals surface area contributed by atoms with Gasteiger partial charge in [-0.25, -0.2) is 0 Å². The number of benzene rings is 3. The highest BCUT2D eigenvalue weighted by molar-refractivity contribution is 6.05. The van der Waals surface area contributed by atoms with Gasteiger partial charge in [-0.05, 0) is 48.5 Å². The van der Waals surface area contributed by atoms with Crippen LogP contribution in [0.2, 0.25) is 0 Å². The summed E-state index contributed by atoms with van der Waals surface area (Å²) in [5, 5.41) is 2.85. The van der Waals surface area contributed by atoms with Crippen molar-refractivity contribution in [1.29, 1.82) is 0 Å². The number of hydrogen-bond donors (Lipinski definition) is 1. The predicted octanol–water partition coefficient (Wildman–Crippen LogP) is 3.90. The van der Waals surface area contributed by atoms with Gasteiger partial charge in [0.2, 0.25) is 0 Å². The number of amides is 2. The second-order valence-electron chi connectivity index (χ2n) is 7.01. The van der Waals surface area contributed by atoms with Crippen LogP contribution in [0.3, 0.4) is 0 Å². The molecule has 29 heavy (non-hydrogen) atoms. The van der Waals surface area contributed by atoms with Gasteiger partial charge in [-0.15, -0.1) is 0 Å². The van der Waals surface area contributed by atoms with Gasteiger partial charge < -0.3 is 15.1 Å². The van der Waals surface area contributed by atoms with E-state index >= 15 is 0 Å². The van der Waals surface area contributed by atoms with Crippen LogP contribution >= 0.6 is 0 Å². The second kappa shape index (κ2) is 8.61. The second-order valence-corrected chi connectivity index (χ2v) is 7.01. The summed E-state index contributed by atoms with van der Waals surface area (Å²) in [7, 11) is 0. The van der Waals surface area contributed by atoms with Gasteiger partial charge in [0.15, 0.2) is 0 Å². The van der Waals surface area contributed by atoms with Crippen molar-refractivity contribution in [2.45, 2.75) is 0 Å². The summed E-state index contributed by atoms with van der Waals surface area (Å²) >= 11 is 0. The number of para-hydroxylation sites is 2. The van der Waals surface area contributed by atoms with E-state index in [1.54, 1.807) is 24.3 Å². The molecule has 1 aliphatic rings. The quantitative estimate of drug-likeness (QED) is 0.741. The summed E-state index contributed by atoms with van der Waals surface area (Å²) in [5.74, 6) is -0.181. The van der Waals surface area contributed by atoms with Crippen LogP contribution < -0.4 is 10.2 Å². The van der Waals surface area contributed by atoms with E-state index in [0.717, 1.165) is 18.8 Å². The third-order valence-electron chi connectivity index (χ3n) is 5.11. The van der Waals surface area contributed by atoms with Gasteiger partial charge in [-0.1, -0.05) is 36.4 Å². The average molecular weight is 385 g/mol. The first kappa shape index (κ1) is 18.7. The molecule has 0 aliphatic carbocycles. The Morgan fingerprint density at radius 2 is 1.21 bits per heavy atom. The van der Waals surface area contributed by atoms with Gasteiger partial charge in [0.1, 0.15) is 0 Å². The number of carbonyl (C=O) groups is 2. The zero-order chi connectivity index (χ0) is 20.1. The molecule has 1 N–H and O–H groups in total. The molecule has 0 unspecified atom stereocenters. The highest BCUT2D eigenvalue weighted by Crippen LogP contribution is 2.17. The summed E-state index contributed by atoms with van der Waals surface area (Å²) in [6.07, 6.45) is 0. The monoisotopic (exact) mass is 385 g/mol. The molecule has 1 aliphatic heterocycles. The fraction of sp³-hybridized carbons (Fsp3) is 0.167. The first-order valence-electron chi connectivity index (χ1n) is 9.76. The summed E-state index contributed by atoms with van der Waals surface area (Å²) in [4.78, 5) is 29.3. The standard InChI is InChI=1S/C24H23N3O2/c28-23(25-21-7-3-1-4-8-21)19-11-13-20(14-12-19)24(29)27-17-15-26(16-18-27)22-9-5-2-6-10-22/h1-14H,15-18H2,(H,25,28). The van der Waals surface area contributed by atoms with Crippen LogP contribution in [0.25, 0.3) is 0 Å². The van der Waals surface area contributed by atoms with Crippen molar-refractivity contribution in [3.63, 3.8) is 0 Å². The highest BCUT2D eigenvalue weighted by Gasteiger charge is 2.22. The van der Waals surface area contributed by atoms with E-state index in [2.05, 4.69) is 22.3 Å². The maximum absolute atomic E-state index is 12.8. The van der Waals surface area contributed by atoms with Gasteiger partial charge in [-0.3, -0.25) is 9.59 Å². The van der Waals surface area contributed by atoms with E-state index in [0.29, 0.717) is 24.2 Å². The predicted molar refractivity (Wildman–Crippen MR) is 115 cm³/mol. The minimum absolute atomic E-state index is 0.00716. The summed E-state index contributed by atoms with van der Waals surface area (Å²) < 4.78 is 0. The van der Waals surface area contributed by atoms with Crippen LogP contribution in [0, 0.1) is 0 Å². The number of nitrogens with one attached hydrogen (secondary N) is 1.